The fourth-order valence-corrected chi connectivity index (χ4v) is 7.87. The van der Waals surface area contributed by atoms with E-state index >= 15 is 0 Å². The van der Waals surface area contributed by atoms with Crippen LogP contribution in [0.1, 0.15) is 122 Å². The number of esters is 2. The van der Waals surface area contributed by atoms with Crippen LogP contribution < -0.4 is 0 Å². The molecule has 1 fully saturated rings. The molecular formula is C31H61NO12P2. The summed E-state index contributed by atoms with van der Waals surface area (Å²) in [6, 6.07) is 0. The predicted octanol–water partition coefficient (Wildman–Crippen LogP) is 7.06. The summed E-state index contributed by atoms with van der Waals surface area (Å²) >= 11 is 0. The summed E-state index contributed by atoms with van der Waals surface area (Å²) in [6.45, 7) is 23.8. The van der Waals surface area contributed by atoms with Crippen molar-refractivity contribution in [2.45, 2.75) is 150 Å². The lowest BCUT2D eigenvalue weighted by Crippen LogP contribution is -2.42. The van der Waals surface area contributed by atoms with Gasteiger partial charge in [0.2, 0.25) is 0 Å². The second-order valence-electron chi connectivity index (χ2n) is 14.4. The number of rotatable bonds is 12. The van der Waals surface area contributed by atoms with Gasteiger partial charge in [0.05, 0.1) is 13.2 Å². The summed E-state index contributed by atoms with van der Waals surface area (Å²) in [5, 5.41) is -1.71. The molecule has 2 N–H and O–H groups in total. The minimum absolute atomic E-state index is 0.0582. The number of ether oxygens (including phenoxy) is 3. The minimum atomic E-state index is -4.52. The Morgan fingerprint density at radius 1 is 0.739 bits per heavy atom. The largest absolute Gasteiger partial charge is 0.459 e. The average molecular weight is 702 g/mol. The monoisotopic (exact) mass is 701 g/mol. The highest BCUT2D eigenvalue weighted by Crippen LogP contribution is 2.56. The van der Waals surface area contributed by atoms with Gasteiger partial charge in [-0.3, -0.25) is 18.7 Å². The molecule has 1 rings (SSSR count). The molecule has 272 valence electrons. The average Bonchev–Trinajstić information content (AvgIpc) is 2.85. The summed E-state index contributed by atoms with van der Waals surface area (Å²) < 4.78 is 51.8. The molecule has 0 aromatic heterocycles. The number of hydrogen-bond acceptors (Lipinski definition) is 10. The maximum Gasteiger partial charge on any atom is 0.410 e. The molecule has 1 aliphatic heterocycles. The number of carbonyl (C=O) groups excluding carboxylic acids is 3. The van der Waals surface area contributed by atoms with Crippen LogP contribution in [0.5, 0.6) is 0 Å². The molecule has 13 nitrogen and oxygen atoms in total. The Balaban J connectivity index is 0.00000107. The SMILES string of the molecule is CCC(CC)(C(=O)OC(C)(C)C)P(=O)(O)O.CCOP(=O)(OCC)C(CC1CCN(C(=O)OC(C)(C)C)CC1)C(=O)OC(C)(C)C. The van der Waals surface area contributed by atoms with Gasteiger partial charge in [0.25, 0.3) is 0 Å². The highest BCUT2D eigenvalue weighted by Gasteiger charge is 2.53. The van der Waals surface area contributed by atoms with Crippen molar-refractivity contribution in [3.05, 3.63) is 0 Å². The van der Waals surface area contributed by atoms with Crippen molar-refractivity contribution in [3.63, 3.8) is 0 Å². The number of amides is 1. The highest BCUT2D eigenvalue weighted by molar-refractivity contribution is 7.55. The Morgan fingerprint density at radius 2 is 1.15 bits per heavy atom. The molecule has 1 heterocycles. The third-order valence-electron chi connectivity index (χ3n) is 7.01. The molecule has 0 spiro atoms. The summed E-state index contributed by atoms with van der Waals surface area (Å²) in [5.74, 6) is -1.30. The number of piperidine rings is 1. The van der Waals surface area contributed by atoms with E-state index in [4.69, 9.17) is 23.3 Å². The van der Waals surface area contributed by atoms with Crippen molar-refractivity contribution in [2.24, 2.45) is 5.92 Å². The number of likely N-dealkylation sites (tertiary alicyclic amines) is 1. The first-order chi connectivity index (χ1) is 20.7. The van der Waals surface area contributed by atoms with Crippen LogP contribution in [-0.4, -0.2) is 86.6 Å². The molecule has 1 amide bonds. The lowest BCUT2D eigenvalue weighted by atomic mass is 9.92. The maximum atomic E-state index is 13.4. The zero-order valence-corrected chi connectivity index (χ0v) is 32.1. The maximum absolute atomic E-state index is 13.4. The Morgan fingerprint density at radius 3 is 1.48 bits per heavy atom. The quantitative estimate of drug-likeness (QED) is 0.121. The summed E-state index contributed by atoms with van der Waals surface area (Å²) in [6.07, 6.45) is 1.46. The molecule has 0 radical (unpaired) electrons. The number of hydrogen-bond donors (Lipinski definition) is 2. The normalized spacial score (nSPS) is 16.2. The van der Waals surface area contributed by atoms with Gasteiger partial charge in [0.1, 0.15) is 16.8 Å². The Hall–Kier alpha value is -1.49. The van der Waals surface area contributed by atoms with Crippen molar-refractivity contribution in [1.82, 2.24) is 4.90 Å². The minimum Gasteiger partial charge on any atom is -0.459 e. The molecular weight excluding hydrogens is 640 g/mol. The predicted molar refractivity (Wildman–Crippen MR) is 177 cm³/mol. The third-order valence-corrected chi connectivity index (χ3v) is 11.4. The van der Waals surface area contributed by atoms with Crippen LogP contribution in [0.25, 0.3) is 0 Å². The van der Waals surface area contributed by atoms with E-state index in [1.165, 1.54) is 0 Å². The first-order valence-corrected chi connectivity index (χ1v) is 19.3. The topological polar surface area (TPSA) is 175 Å². The number of nitrogens with zero attached hydrogens (tertiary/aromatic N) is 1. The van der Waals surface area contributed by atoms with Crippen molar-refractivity contribution < 1.29 is 56.6 Å². The molecule has 0 aromatic rings. The van der Waals surface area contributed by atoms with Crippen LogP contribution in [0.15, 0.2) is 0 Å². The van der Waals surface area contributed by atoms with Crippen LogP contribution >= 0.6 is 15.2 Å². The van der Waals surface area contributed by atoms with Crippen LogP contribution in [0.2, 0.25) is 0 Å². The van der Waals surface area contributed by atoms with Gasteiger partial charge in [0, 0.05) is 13.1 Å². The molecule has 0 saturated carbocycles. The van der Waals surface area contributed by atoms with E-state index in [2.05, 4.69) is 0 Å². The van der Waals surface area contributed by atoms with E-state index in [1.54, 1.807) is 74.1 Å². The molecule has 0 aliphatic carbocycles. The van der Waals surface area contributed by atoms with E-state index in [0.717, 1.165) is 0 Å². The Kier molecular flexibility index (Phi) is 17.2. The summed E-state index contributed by atoms with van der Waals surface area (Å²) in [7, 11) is -8.20. The summed E-state index contributed by atoms with van der Waals surface area (Å²) in [4.78, 5) is 57.4. The zero-order chi connectivity index (χ0) is 36.4. The van der Waals surface area contributed by atoms with Gasteiger partial charge in [-0.15, -0.1) is 0 Å². The standard InChI is InChI=1S/C21H40NO7P.C10H21O5P/c1-9-26-30(25,27-10-2)17(18(23)28-20(3,4)5)15-16-11-13-22(14-12-16)19(24)29-21(6,7)8;1-6-10(7-2,16(12,13)14)8(11)15-9(3,4)5/h16-17H,9-15H2,1-8H3;6-7H2,1-5H3,(H2,12,13,14). The fraction of sp³-hybridized carbons (Fsp3) is 0.903. The lowest BCUT2D eigenvalue weighted by molar-refractivity contribution is -0.159. The lowest BCUT2D eigenvalue weighted by Gasteiger charge is -2.35. The first kappa shape index (κ1) is 44.5. The van der Waals surface area contributed by atoms with Crippen molar-refractivity contribution >= 4 is 33.2 Å². The van der Waals surface area contributed by atoms with Crippen LogP contribution in [0.3, 0.4) is 0 Å². The van der Waals surface area contributed by atoms with E-state index in [-0.39, 0.29) is 38.1 Å². The summed E-state index contributed by atoms with van der Waals surface area (Å²) in [5.41, 5.74) is -2.99. The van der Waals surface area contributed by atoms with Gasteiger partial charge in [-0.05, 0) is 114 Å². The van der Waals surface area contributed by atoms with Crippen molar-refractivity contribution in [1.29, 1.82) is 0 Å². The van der Waals surface area contributed by atoms with Gasteiger partial charge in [0.15, 0.2) is 10.8 Å². The zero-order valence-electron chi connectivity index (χ0n) is 30.3. The van der Waals surface area contributed by atoms with Crippen LogP contribution in [0, 0.1) is 5.92 Å². The van der Waals surface area contributed by atoms with E-state index in [1.807, 2.05) is 20.8 Å². The molecule has 1 atom stereocenters. The number of carbonyl (C=O) groups is 3. The van der Waals surface area contributed by atoms with Crippen molar-refractivity contribution in [3.8, 4) is 0 Å². The molecule has 1 saturated heterocycles. The molecule has 1 aliphatic rings. The second kappa shape index (κ2) is 17.8. The fourth-order valence-electron chi connectivity index (χ4n) is 4.74. The van der Waals surface area contributed by atoms with Gasteiger partial charge in [-0.1, -0.05) is 13.8 Å². The Bertz CT molecular complexity index is 1060. The van der Waals surface area contributed by atoms with Crippen LogP contribution in [-0.2, 0) is 42.0 Å². The van der Waals surface area contributed by atoms with Gasteiger partial charge in [-0.25, -0.2) is 4.79 Å². The molecule has 15 heteroatoms. The van der Waals surface area contributed by atoms with E-state index < -0.39 is 54.7 Å². The molecule has 0 aromatic carbocycles. The van der Waals surface area contributed by atoms with Gasteiger partial charge < -0.3 is 37.9 Å². The van der Waals surface area contributed by atoms with Crippen LogP contribution in [0.4, 0.5) is 4.79 Å². The first-order valence-electron chi connectivity index (χ1n) is 16.1. The Labute approximate surface area is 276 Å². The molecule has 1 unspecified atom stereocenters. The smallest absolute Gasteiger partial charge is 0.410 e. The second-order valence-corrected chi connectivity index (χ2v) is 18.5. The van der Waals surface area contributed by atoms with Gasteiger partial charge in [-0.2, -0.15) is 0 Å². The molecule has 0 bridgehead atoms. The molecule has 46 heavy (non-hydrogen) atoms. The van der Waals surface area contributed by atoms with E-state index in [0.29, 0.717) is 32.4 Å². The highest BCUT2D eigenvalue weighted by atomic mass is 31.2. The van der Waals surface area contributed by atoms with E-state index in [9.17, 15) is 33.3 Å². The van der Waals surface area contributed by atoms with Crippen molar-refractivity contribution in [2.75, 3.05) is 26.3 Å². The van der Waals surface area contributed by atoms with Gasteiger partial charge >= 0.3 is 33.2 Å². The third kappa shape index (κ3) is 14.7.